The second-order valence-corrected chi connectivity index (χ2v) is 7.67. The number of methoxy groups -OCH3 is 1. The molecule has 1 N–H and O–H groups in total. The highest BCUT2D eigenvalue weighted by Crippen LogP contribution is 2.26. The number of hydrogen-bond acceptors (Lipinski definition) is 4. The molecule has 3 aromatic rings. The molecule has 4 rings (SSSR count). The van der Waals surface area contributed by atoms with Gasteiger partial charge in [0.1, 0.15) is 23.8 Å². The molecule has 1 fully saturated rings. The molecular formula is C26H24N2O3S. The van der Waals surface area contributed by atoms with Gasteiger partial charge < -0.3 is 14.8 Å². The van der Waals surface area contributed by atoms with Gasteiger partial charge in [-0.25, -0.2) is 0 Å². The highest BCUT2D eigenvalue weighted by atomic mass is 32.1. The zero-order chi connectivity index (χ0) is 22.5. The Hall–Kier alpha value is -3.64. The lowest BCUT2D eigenvalue weighted by Crippen LogP contribution is -2.30. The first-order valence-electron chi connectivity index (χ1n) is 10.4. The molecule has 1 aliphatic rings. The van der Waals surface area contributed by atoms with Crippen molar-refractivity contribution in [2.75, 3.05) is 13.7 Å². The van der Waals surface area contributed by atoms with Crippen molar-refractivity contribution in [1.29, 1.82) is 0 Å². The van der Waals surface area contributed by atoms with Gasteiger partial charge in [0.2, 0.25) is 0 Å². The van der Waals surface area contributed by atoms with Gasteiger partial charge in [0, 0.05) is 12.1 Å². The van der Waals surface area contributed by atoms with E-state index in [2.05, 4.69) is 17.4 Å². The Labute approximate surface area is 193 Å². The predicted octanol–water partition coefficient (Wildman–Crippen LogP) is 5.02. The number of likely N-dealkylation sites (N-methyl/N-ethyl adjacent to an activating group) is 1. The van der Waals surface area contributed by atoms with Crippen LogP contribution in [0.4, 0.5) is 0 Å². The van der Waals surface area contributed by atoms with Gasteiger partial charge in [-0.3, -0.25) is 9.69 Å². The number of hydrogen-bond donors (Lipinski definition) is 1. The number of nitrogens with zero attached hydrogens (tertiary/aromatic N) is 1. The Morgan fingerprint density at radius 3 is 2.38 bits per heavy atom. The number of thiocarbonyl (C=S) groups is 1. The van der Waals surface area contributed by atoms with Crippen LogP contribution in [-0.2, 0) is 11.4 Å². The molecular weight excluding hydrogens is 420 g/mol. The zero-order valence-corrected chi connectivity index (χ0v) is 18.8. The van der Waals surface area contributed by atoms with Gasteiger partial charge in [-0.2, -0.15) is 0 Å². The van der Waals surface area contributed by atoms with Crippen molar-refractivity contribution in [2.45, 2.75) is 13.5 Å². The smallest absolute Gasteiger partial charge is 0.276 e. The Kier molecular flexibility index (Phi) is 6.52. The lowest BCUT2D eigenvalue weighted by molar-refractivity contribution is -0.122. The van der Waals surface area contributed by atoms with E-state index in [4.69, 9.17) is 21.7 Å². The third-order valence-electron chi connectivity index (χ3n) is 5.25. The summed E-state index contributed by atoms with van der Waals surface area (Å²) in [5, 5.41) is 3.41. The van der Waals surface area contributed by atoms with E-state index < -0.39 is 0 Å². The molecule has 1 saturated heterocycles. The number of carbonyl (C=O) groups excluding carboxylic acids is 1. The van der Waals surface area contributed by atoms with Crippen LogP contribution in [0.15, 0.2) is 78.5 Å². The summed E-state index contributed by atoms with van der Waals surface area (Å²) in [5.41, 5.74) is 4.51. The number of benzene rings is 3. The van der Waals surface area contributed by atoms with Crippen molar-refractivity contribution in [2.24, 2.45) is 0 Å². The molecule has 0 bridgehead atoms. The summed E-state index contributed by atoms with van der Waals surface area (Å²) in [7, 11) is 1.63. The Morgan fingerprint density at radius 1 is 1.00 bits per heavy atom. The fraction of sp³-hybridized carbons (Fsp3) is 0.154. The van der Waals surface area contributed by atoms with Gasteiger partial charge in [0.15, 0.2) is 5.11 Å². The van der Waals surface area contributed by atoms with E-state index >= 15 is 0 Å². The Bertz CT molecular complexity index is 1160. The maximum atomic E-state index is 12.5. The van der Waals surface area contributed by atoms with Crippen LogP contribution in [0.3, 0.4) is 0 Å². The minimum Gasteiger partial charge on any atom is -0.496 e. The van der Waals surface area contributed by atoms with Gasteiger partial charge in [0.05, 0.1) is 7.11 Å². The molecule has 5 nitrogen and oxygen atoms in total. The molecule has 162 valence electrons. The van der Waals surface area contributed by atoms with Crippen LogP contribution in [0.2, 0.25) is 0 Å². The molecule has 0 radical (unpaired) electrons. The number of ether oxygens (including phenoxy) is 2. The summed E-state index contributed by atoms with van der Waals surface area (Å²) in [6, 6.07) is 24.0. The predicted molar refractivity (Wildman–Crippen MR) is 130 cm³/mol. The van der Waals surface area contributed by atoms with Crippen molar-refractivity contribution >= 4 is 29.3 Å². The number of rotatable bonds is 7. The quantitative estimate of drug-likeness (QED) is 0.410. The monoisotopic (exact) mass is 444 g/mol. The molecule has 3 aromatic carbocycles. The first-order valence-corrected chi connectivity index (χ1v) is 10.8. The van der Waals surface area contributed by atoms with Gasteiger partial charge >= 0.3 is 0 Å². The van der Waals surface area contributed by atoms with E-state index in [1.54, 1.807) is 13.2 Å². The maximum Gasteiger partial charge on any atom is 0.276 e. The van der Waals surface area contributed by atoms with Gasteiger partial charge in [0.25, 0.3) is 5.91 Å². The van der Waals surface area contributed by atoms with Crippen LogP contribution in [0.25, 0.3) is 17.2 Å². The Morgan fingerprint density at radius 2 is 1.72 bits per heavy atom. The summed E-state index contributed by atoms with van der Waals surface area (Å²) >= 11 is 5.22. The van der Waals surface area contributed by atoms with Crippen molar-refractivity contribution in [3.05, 3.63) is 89.6 Å². The minimum atomic E-state index is -0.121. The molecule has 0 atom stereocenters. The lowest BCUT2D eigenvalue weighted by Gasteiger charge is -2.12. The first-order chi connectivity index (χ1) is 15.6. The first kappa shape index (κ1) is 21.6. The SMILES string of the molecule is CCN1C(=O)/C(=C\c2ccc(OC)c(COc3ccc(-c4ccccc4)cc3)c2)NC1=S. The van der Waals surface area contributed by atoms with E-state index in [1.165, 1.54) is 4.90 Å². The van der Waals surface area contributed by atoms with Crippen molar-refractivity contribution in [3.63, 3.8) is 0 Å². The molecule has 1 amide bonds. The van der Waals surface area contributed by atoms with Gasteiger partial charge in [-0.15, -0.1) is 0 Å². The third-order valence-corrected chi connectivity index (χ3v) is 5.57. The van der Waals surface area contributed by atoms with E-state index in [9.17, 15) is 4.79 Å². The van der Waals surface area contributed by atoms with Crippen LogP contribution in [0, 0.1) is 0 Å². The number of amides is 1. The summed E-state index contributed by atoms with van der Waals surface area (Å²) < 4.78 is 11.5. The molecule has 0 aliphatic carbocycles. The van der Waals surface area contributed by atoms with Crippen LogP contribution < -0.4 is 14.8 Å². The average molecular weight is 445 g/mol. The minimum absolute atomic E-state index is 0.121. The molecule has 1 aliphatic heterocycles. The van der Waals surface area contributed by atoms with Crippen molar-refractivity contribution < 1.29 is 14.3 Å². The van der Waals surface area contributed by atoms with Crippen molar-refractivity contribution in [3.8, 4) is 22.6 Å². The Balaban J connectivity index is 1.49. The fourth-order valence-corrected chi connectivity index (χ4v) is 3.88. The third kappa shape index (κ3) is 4.65. The van der Waals surface area contributed by atoms with Crippen LogP contribution in [-0.4, -0.2) is 29.6 Å². The molecule has 0 unspecified atom stereocenters. The van der Waals surface area contributed by atoms with Crippen LogP contribution in [0.1, 0.15) is 18.1 Å². The summed E-state index contributed by atoms with van der Waals surface area (Å²) in [6.45, 7) is 2.77. The zero-order valence-electron chi connectivity index (χ0n) is 18.0. The van der Waals surface area contributed by atoms with E-state index in [-0.39, 0.29) is 5.91 Å². The van der Waals surface area contributed by atoms with E-state index in [0.29, 0.717) is 24.0 Å². The lowest BCUT2D eigenvalue weighted by atomic mass is 10.1. The second-order valence-electron chi connectivity index (χ2n) is 7.29. The normalized spacial score (nSPS) is 14.6. The van der Waals surface area contributed by atoms with E-state index in [1.807, 2.05) is 67.6 Å². The summed E-state index contributed by atoms with van der Waals surface area (Å²) in [6.07, 6.45) is 1.79. The summed E-state index contributed by atoms with van der Waals surface area (Å²) in [4.78, 5) is 14.0. The summed E-state index contributed by atoms with van der Waals surface area (Å²) in [5.74, 6) is 1.38. The maximum absolute atomic E-state index is 12.5. The molecule has 0 saturated carbocycles. The standard InChI is InChI=1S/C26H24N2O3S/c1-3-28-25(29)23(27-26(28)32)16-18-9-14-24(30-2)21(15-18)17-31-22-12-10-20(11-13-22)19-7-5-4-6-8-19/h4-16H,3,17H2,1-2H3,(H,27,32)/b23-16+. The molecule has 6 heteroatoms. The largest absolute Gasteiger partial charge is 0.496 e. The van der Waals surface area contributed by atoms with Crippen LogP contribution in [0.5, 0.6) is 11.5 Å². The molecule has 0 spiro atoms. The van der Waals surface area contributed by atoms with Crippen molar-refractivity contribution in [1.82, 2.24) is 10.2 Å². The van der Waals surface area contributed by atoms with Crippen LogP contribution >= 0.6 is 12.2 Å². The number of nitrogens with one attached hydrogen (secondary N) is 1. The topological polar surface area (TPSA) is 50.8 Å². The number of carbonyl (C=O) groups is 1. The molecule has 0 aromatic heterocycles. The highest BCUT2D eigenvalue weighted by Gasteiger charge is 2.29. The average Bonchev–Trinajstić information content (AvgIpc) is 3.10. The van der Waals surface area contributed by atoms with Gasteiger partial charge in [-0.1, -0.05) is 48.5 Å². The highest BCUT2D eigenvalue weighted by molar-refractivity contribution is 7.80. The second kappa shape index (κ2) is 9.66. The van der Waals surface area contributed by atoms with Gasteiger partial charge in [-0.05, 0) is 66.2 Å². The molecule has 32 heavy (non-hydrogen) atoms. The fourth-order valence-electron chi connectivity index (χ4n) is 3.56. The van der Waals surface area contributed by atoms with E-state index in [0.717, 1.165) is 33.8 Å². The molecule has 1 heterocycles.